The summed E-state index contributed by atoms with van der Waals surface area (Å²) in [5, 5.41) is 0. The molecular formula is C13H26. The van der Waals surface area contributed by atoms with Crippen molar-refractivity contribution < 1.29 is 0 Å². The van der Waals surface area contributed by atoms with Gasteiger partial charge in [0.05, 0.1) is 0 Å². The molecule has 0 amide bonds. The van der Waals surface area contributed by atoms with Crippen LogP contribution in [0, 0.1) is 11.8 Å². The minimum atomic E-state index is 0.970. The van der Waals surface area contributed by atoms with Crippen molar-refractivity contribution in [3.63, 3.8) is 0 Å². The molecule has 0 aromatic carbocycles. The average molecular weight is 182 g/mol. The molecule has 0 aromatic heterocycles. The molecule has 13 heavy (non-hydrogen) atoms. The molecule has 0 heterocycles. The maximum atomic E-state index is 2.45. The fourth-order valence-corrected chi connectivity index (χ4v) is 2.39. The van der Waals surface area contributed by atoms with Crippen LogP contribution in [-0.4, -0.2) is 0 Å². The van der Waals surface area contributed by atoms with Crippen LogP contribution in [0.1, 0.15) is 71.6 Å². The van der Waals surface area contributed by atoms with E-state index in [2.05, 4.69) is 13.8 Å². The van der Waals surface area contributed by atoms with Gasteiger partial charge in [0.2, 0.25) is 0 Å². The van der Waals surface area contributed by atoms with E-state index in [-0.39, 0.29) is 0 Å². The lowest BCUT2D eigenvalue weighted by Gasteiger charge is -2.19. The smallest absolute Gasteiger partial charge is 0.0417 e. The second-order valence-corrected chi connectivity index (χ2v) is 5.01. The van der Waals surface area contributed by atoms with E-state index in [0.29, 0.717) is 0 Å². The van der Waals surface area contributed by atoms with Gasteiger partial charge in [-0.2, -0.15) is 0 Å². The molecule has 0 bridgehead atoms. The van der Waals surface area contributed by atoms with E-state index in [9.17, 15) is 0 Å². The standard InChI is InChI=1S/C13H26/c1-12-10-8-6-4-3-5-7-9-11-13(12)2/h12-13H,3-11H2,1-2H3/t12-,13-/m0/s1. The van der Waals surface area contributed by atoms with E-state index in [4.69, 9.17) is 0 Å². The van der Waals surface area contributed by atoms with E-state index in [1.54, 1.807) is 0 Å². The Morgan fingerprint density at radius 2 is 0.846 bits per heavy atom. The van der Waals surface area contributed by atoms with Gasteiger partial charge in [0.15, 0.2) is 0 Å². The molecule has 1 saturated carbocycles. The van der Waals surface area contributed by atoms with Crippen LogP contribution in [0.25, 0.3) is 0 Å². The van der Waals surface area contributed by atoms with Crippen LogP contribution < -0.4 is 0 Å². The number of rotatable bonds is 0. The summed E-state index contributed by atoms with van der Waals surface area (Å²) in [6.45, 7) is 4.89. The summed E-state index contributed by atoms with van der Waals surface area (Å²) in [6, 6.07) is 0. The first kappa shape index (κ1) is 11.1. The summed E-state index contributed by atoms with van der Waals surface area (Å²) in [7, 11) is 0. The molecule has 0 aliphatic heterocycles. The van der Waals surface area contributed by atoms with E-state index < -0.39 is 0 Å². The van der Waals surface area contributed by atoms with Gasteiger partial charge in [0.25, 0.3) is 0 Å². The van der Waals surface area contributed by atoms with Gasteiger partial charge in [-0.3, -0.25) is 0 Å². The van der Waals surface area contributed by atoms with Gasteiger partial charge >= 0.3 is 0 Å². The van der Waals surface area contributed by atoms with Crippen molar-refractivity contribution in [1.29, 1.82) is 0 Å². The lowest BCUT2D eigenvalue weighted by atomic mass is 9.87. The summed E-state index contributed by atoms with van der Waals surface area (Å²) in [5.74, 6) is 1.94. The van der Waals surface area contributed by atoms with E-state index in [1.807, 2.05) is 0 Å². The van der Waals surface area contributed by atoms with Gasteiger partial charge in [0, 0.05) is 0 Å². The second kappa shape index (κ2) is 6.45. The third-order valence-electron chi connectivity index (χ3n) is 3.79. The molecule has 0 unspecified atom stereocenters. The molecule has 0 radical (unpaired) electrons. The SMILES string of the molecule is C[C@H]1CCCCCCCCC[C@@H]1C. The highest BCUT2D eigenvalue weighted by atomic mass is 14.2. The topological polar surface area (TPSA) is 0 Å². The molecule has 0 nitrogen and oxygen atoms in total. The van der Waals surface area contributed by atoms with Gasteiger partial charge in [0.1, 0.15) is 0 Å². The van der Waals surface area contributed by atoms with Crippen molar-refractivity contribution in [1.82, 2.24) is 0 Å². The van der Waals surface area contributed by atoms with Crippen molar-refractivity contribution in [2.45, 2.75) is 71.6 Å². The summed E-state index contributed by atoms with van der Waals surface area (Å²) >= 11 is 0. The zero-order valence-electron chi connectivity index (χ0n) is 9.52. The first-order valence-electron chi connectivity index (χ1n) is 6.30. The molecule has 0 spiro atoms. The Kier molecular flexibility index (Phi) is 5.50. The van der Waals surface area contributed by atoms with Crippen molar-refractivity contribution in [3.05, 3.63) is 0 Å². The van der Waals surface area contributed by atoms with Gasteiger partial charge in [-0.15, -0.1) is 0 Å². The highest BCUT2D eigenvalue weighted by molar-refractivity contribution is 4.64. The minimum absolute atomic E-state index is 0.970. The Morgan fingerprint density at radius 3 is 1.23 bits per heavy atom. The highest BCUT2D eigenvalue weighted by Crippen LogP contribution is 2.25. The summed E-state index contributed by atoms with van der Waals surface area (Å²) in [5.41, 5.74) is 0. The van der Waals surface area contributed by atoms with Crippen LogP contribution in [0.2, 0.25) is 0 Å². The summed E-state index contributed by atoms with van der Waals surface area (Å²) in [4.78, 5) is 0. The zero-order valence-corrected chi connectivity index (χ0v) is 9.52. The van der Waals surface area contributed by atoms with Crippen molar-refractivity contribution in [2.75, 3.05) is 0 Å². The third kappa shape index (κ3) is 4.69. The Hall–Kier alpha value is 0. The number of hydrogen-bond donors (Lipinski definition) is 0. The first-order chi connectivity index (χ1) is 6.30. The maximum Gasteiger partial charge on any atom is -0.0417 e. The molecule has 0 N–H and O–H groups in total. The molecule has 78 valence electrons. The molecule has 0 aromatic rings. The lowest BCUT2D eigenvalue weighted by Crippen LogP contribution is -2.07. The molecule has 1 aliphatic carbocycles. The van der Waals surface area contributed by atoms with Gasteiger partial charge in [-0.25, -0.2) is 0 Å². The Morgan fingerprint density at radius 1 is 0.538 bits per heavy atom. The highest BCUT2D eigenvalue weighted by Gasteiger charge is 2.11. The van der Waals surface area contributed by atoms with Gasteiger partial charge in [-0.1, -0.05) is 71.6 Å². The lowest BCUT2D eigenvalue weighted by molar-refractivity contribution is 0.328. The third-order valence-corrected chi connectivity index (χ3v) is 3.79. The quantitative estimate of drug-likeness (QED) is 0.505. The molecule has 1 rings (SSSR count). The van der Waals surface area contributed by atoms with Crippen LogP contribution in [0.5, 0.6) is 0 Å². The fourth-order valence-electron chi connectivity index (χ4n) is 2.39. The molecule has 2 atom stereocenters. The van der Waals surface area contributed by atoms with Crippen LogP contribution in [-0.2, 0) is 0 Å². The Bertz CT molecular complexity index is 103. The first-order valence-corrected chi connectivity index (χ1v) is 6.30. The molecule has 1 aliphatic rings. The van der Waals surface area contributed by atoms with Crippen LogP contribution in [0.4, 0.5) is 0 Å². The summed E-state index contributed by atoms with van der Waals surface area (Å²) < 4.78 is 0. The van der Waals surface area contributed by atoms with Crippen molar-refractivity contribution >= 4 is 0 Å². The van der Waals surface area contributed by atoms with Gasteiger partial charge < -0.3 is 0 Å². The Balaban J connectivity index is 2.26. The fraction of sp³-hybridized carbons (Fsp3) is 1.00. The van der Waals surface area contributed by atoms with Crippen LogP contribution in [0.15, 0.2) is 0 Å². The molecule has 0 heteroatoms. The van der Waals surface area contributed by atoms with Crippen molar-refractivity contribution in [2.24, 2.45) is 11.8 Å². The van der Waals surface area contributed by atoms with Gasteiger partial charge in [-0.05, 0) is 11.8 Å². The predicted molar refractivity (Wildman–Crippen MR) is 59.9 cm³/mol. The summed E-state index contributed by atoms with van der Waals surface area (Å²) in [6.07, 6.45) is 13.3. The molecule has 0 saturated heterocycles. The predicted octanol–water partition coefficient (Wildman–Crippen LogP) is 4.78. The second-order valence-electron chi connectivity index (χ2n) is 5.01. The van der Waals surface area contributed by atoms with E-state index in [1.165, 1.54) is 57.8 Å². The molecule has 1 fully saturated rings. The van der Waals surface area contributed by atoms with Crippen LogP contribution in [0.3, 0.4) is 0 Å². The Labute approximate surface area is 84.1 Å². The zero-order chi connectivity index (χ0) is 9.52. The van der Waals surface area contributed by atoms with Crippen LogP contribution >= 0.6 is 0 Å². The monoisotopic (exact) mass is 182 g/mol. The normalized spacial score (nSPS) is 33.7. The van der Waals surface area contributed by atoms with E-state index >= 15 is 0 Å². The minimum Gasteiger partial charge on any atom is -0.0623 e. The maximum absolute atomic E-state index is 2.45. The molecular weight excluding hydrogens is 156 g/mol. The largest absolute Gasteiger partial charge is 0.0623 e. The number of hydrogen-bond acceptors (Lipinski definition) is 0. The van der Waals surface area contributed by atoms with E-state index in [0.717, 1.165) is 11.8 Å². The van der Waals surface area contributed by atoms with Crippen molar-refractivity contribution in [3.8, 4) is 0 Å². The average Bonchev–Trinajstić information content (AvgIpc) is 2.16.